The summed E-state index contributed by atoms with van der Waals surface area (Å²) in [5.74, 6) is -0.163. The van der Waals surface area contributed by atoms with Crippen LogP contribution in [0.3, 0.4) is 0 Å². The smallest absolute Gasteiger partial charge is 0.229 e. The molecule has 1 fully saturated rings. The number of carbonyl (C=O) groups excluding carboxylic acids is 2. The number of rotatable bonds is 4. The summed E-state index contributed by atoms with van der Waals surface area (Å²) >= 11 is 0. The lowest BCUT2D eigenvalue weighted by atomic mass is 9.97. The number of hydrogen-bond acceptors (Lipinski definition) is 3. The van der Waals surface area contributed by atoms with Crippen LogP contribution in [0.25, 0.3) is 0 Å². The third kappa shape index (κ3) is 4.01. The molecule has 0 saturated carbocycles. The van der Waals surface area contributed by atoms with Crippen molar-refractivity contribution in [1.82, 2.24) is 14.7 Å². The van der Waals surface area contributed by atoms with Gasteiger partial charge in [0.15, 0.2) is 0 Å². The van der Waals surface area contributed by atoms with Crippen molar-refractivity contribution in [3.05, 3.63) is 48.3 Å². The standard InChI is InChI=1S/C18H22N4O2/c1-14(23)21-9-5-8-16(12-21)18(24)20-17-10-19-22(13-17)11-15-6-3-2-4-7-15/h2-4,6-7,10,13,16H,5,8-9,11-12H2,1H3,(H,20,24)/t16-/m0/s1. The van der Waals surface area contributed by atoms with E-state index in [0.717, 1.165) is 24.9 Å². The summed E-state index contributed by atoms with van der Waals surface area (Å²) < 4.78 is 1.80. The van der Waals surface area contributed by atoms with Crippen LogP contribution in [0.15, 0.2) is 42.7 Å². The van der Waals surface area contributed by atoms with Gasteiger partial charge >= 0.3 is 0 Å². The van der Waals surface area contributed by atoms with Crippen molar-refractivity contribution in [2.24, 2.45) is 5.92 Å². The first-order chi connectivity index (χ1) is 11.6. The lowest BCUT2D eigenvalue weighted by Crippen LogP contribution is -2.42. The van der Waals surface area contributed by atoms with Gasteiger partial charge in [-0.25, -0.2) is 0 Å². The van der Waals surface area contributed by atoms with Gasteiger partial charge in [-0.1, -0.05) is 30.3 Å². The summed E-state index contributed by atoms with van der Waals surface area (Å²) in [7, 11) is 0. The third-order valence-electron chi connectivity index (χ3n) is 4.33. The van der Waals surface area contributed by atoms with Crippen LogP contribution < -0.4 is 5.32 Å². The number of aromatic nitrogens is 2. The lowest BCUT2D eigenvalue weighted by molar-refractivity contribution is -0.132. The predicted molar refractivity (Wildman–Crippen MR) is 91.4 cm³/mol. The second-order valence-electron chi connectivity index (χ2n) is 6.21. The fourth-order valence-corrected chi connectivity index (χ4v) is 3.01. The Labute approximate surface area is 141 Å². The number of benzene rings is 1. The van der Waals surface area contributed by atoms with E-state index >= 15 is 0 Å². The van der Waals surface area contributed by atoms with Crippen LogP contribution >= 0.6 is 0 Å². The van der Waals surface area contributed by atoms with Crippen molar-refractivity contribution in [1.29, 1.82) is 0 Å². The molecule has 2 aromatic rings. The zero-order valence-electron chi connectivity index (χ0n) is 13.8. The van der Waals surface area contributed by atoms with Crippen LogP contribution in [0.2, 0.25) is 0 Å². The average Bonchev–Trinajstić information content (AvgIpc) is 3.02. The Morgan fingerprint density at radius 3 is 2.83 bits per heavy atom. The van der Waals surface area contributed by atoms with Crippen molar-refractivity contribution in [2.75, 3.05) is 18.4 Å². The van der Waals surface area contributed by atoms with E-state index < -0.39 is 0 Å². The number of nitrogens with one attached hydrogen (secondary N) is 1. The van der Waals surface area contributed by atoms with Crippen molar-refractivity contribution in [3.63, 3.8) is 0 Å². The highest BCUT2D eigenvalue weighted by Crippen LogP contribution is 2.19. The number of carbonyl (C=O) groups is 2. The zero-order chi connectivity index (χ0) is 16.9. The molecule has 1 aromatic carbocycles. The topological polar surface area (TPSA) is 67.2 Å². The van der Waals surface area contributed by atoms with E-state index in [1.807, 2.05) is 36.5 Å². The molecule has 6 nitrogen and oxygen atoms in total. The molecule has 1 aromatic heterocycles. The summed E-state index contributed by atoms with van der Waals surface area (Å²) in [6.07, 6.45) is 5.17. The molecule has 1 aliphatic rings. The molecule has 24 heavy (non-hydrogen) atoms. The molecule has 6 heteroatoms. The molecule has 126 valence electrons. The highest BCUT2D eigenvalue weighted by Gasteiger charge is 2.27. The largest absolute Gasteiger partial charge is 0.342 e. The fraction of sp³-hybridized carbons (Fsp3) is 0.389. The van der Waals surface area contributed by atoms with Gasteiger partial charge < -0.3 is 10.2 Å². The Hall–Kier alpha value is -2.63. The number of amides is 2. The monoisotopic (exact) mass is 326 g/mol. The molecule has 1 N–H and O–H groups in total. The first kappa shape index (κ1) is 16.2. The number of hydrogen-bond donors (Lipinski definition) is 1. The summed E-state index contributed by atoms with van der Waals surface area (Å²) in [5, 5.41) is 7.21. The van der Waals surface area contributed by atoms with E-state index in [1.54, 1.807) is 22.7 Å². The molecule has 1 aliphatic heterocycles. The van der Waals surface area contributed by atoms with Crippen LogP contribution in [0.5, 0.6) is 0 Å². The Bertz CT molecular complexity index is 711. The van der Waals surface area contributed by atoms with Crippen molar-refractivity contribution in [2.45, 2.75) is 26.3 Å². The van der Waals surface area contributed by atoms with Gasteiger partial charge in [0.05, 0.1) is 24.3 Å². The summed E-state index contributed by atoms with van der Waals surface area (Å²) in [6, 6.07) is 10.0. The first-order valence-electron chi connectivity index (χ1n) is 8.24. The molecule has 0 bridgehead atoms. The van der Waals surface area contributed by atoms with E-state index in [-0.39, 0.29) is 17.7 Å². The number of likely N-dealkylation sites (tertiary alicyclic amines) is 1. The SMILES string of the molecule is CC(=O)N1CCC[C@H](C(=O)Nc2cnn(Cc3ccccc3)c2)C1. The maximum atomic E-state index is 12.4. The van der Waals surface area contributed by atoms with Gasteiger partial charge in [0.1, 0.15) is 0 Å². The molecule has 2 heterocycles. The second kappa shape index (κ2) is 7.29. The lowest BCUT2D eigenvalue weighted by Gasteiger charge is -2.31. The van der Waals surface area contributed by atoms with Crippen molar-refractivity contribution < 1.29 is 9.59 Å². The van der Waals surface area contributed by atoms with Gasteiger partial charge in [-0.05, 0) is 18.4 Å². The van der Waals surface area contributed by atoms with Gasteiger partial charge in [-0.3, -0.25) is 14.3 Å². The number of anilines is 1. The van der Waals surface area contributed by atoms with Crippen LogP contribution in [0.4, 0.5) is 5.69 Å². The van der Waals surface area contributed by atoms with Gasteiger partial charge in [0, 0.05) is 26.2 Å². The molecule has 3 rings (SSSR count). The van der Waals surface area contributed by atoms with Crippen LogP contribution in [-0.4, -0.2) is 39.6 Å². The summed E-state index contributed by atoms with van der Waals surface area (Å²) in [5.41, 5.74) is 1.85. The zero-order valence-corrected chi connectivity index (χ0v) is 13.8. The normalized spacial score (nSPS) is 17.5. The van der Waals surface area contributed by atoms with E-state index in [1.165, 1.54) is 0 Å². The number of piperidine rings is 1. The Balaban J connectivity index is 1.58. The van der Waals surface area contributed by atoms with E-state index in [9.17, 15) is 9.59 Å². The third-order valence-corrected chi connectivity index (χ3v) is 4.33. The highest BCUT2D eigenvalue weighted by molar-refractivity contribution is 5.92. The predicted octanol–water partition coefficient (Wildman–Crippen LogP) is 2.13. The molecule has 0 unspecified atom stereocenters. The van der Waals surface area contributed by atoms with Crippen LogP contribution in [0.1, 0.15) is 25.3 Å². The van der Waals surface area contributed by atoms with Crippen molar-refractivity contribution >= 4 is 17.5 Å². The van der Waals surface area contributed by atoms with E-state index in [4.69, 9.17) is 0 Å². The summed E-state index contributed by atoms with van der Waals surface area (Å²) in [6.45, 7) is 3.46. The highest BCUT2D eigenvalue weighted by atomic mass is 16.2. The molecule has 1 saturated heterocycles. The maximum Gasteiger partial charge on any atom is 0.229 e. The van der Waals surface area contributed by atoms with Gasteiger partial charge in [-0.15, -0.1) is 0 Å². The minimum absolute atomic E-state index is 0.0307. The van der Waals surface area contributed by atoms with E-state index in [0.29, 0.717) is 18.8 Å². The van der Waals surface area contributed by atoms with Gasteiger partial charge in [-0.2, -0.15) is 5.10 Å². The van der Waals surface area contributed by atoms with E-state index in [2.05, 4.69) is 10.4 Å². The molecule has 2 amide bonds. The molecule has 1 atom stereocenters. The molecule has 0 aliphatic carbocycles. The minimum Gasteiger partial charge on any atom is -0.342 e. The molecular weight excluding hydrogens is 304 g/mol. The van der Waals surface area contributed by atoms with Crippen LogP contribution in [-0.2, 0) is 16.1 Å². The molecule has 0 spiro atoms. The number of nitrogens with zero attached hydrogens (tertiary/aromatic N) is 3. The second-order valence-corrected chi connectivity index (χ2v) is 6.21. The Morgan fingerprint density at radius 1 is 1.29 bits per heavy atom. The minimum atomic E-state index is -0.153. The summed E-state index contributed by atoms with van der Waals surface area (Å²) in [4.78, 5) is 25.6. The van der Waals surface area contributed by atoms with Crippen LogP contribution in [0, 0.1) is 5.92 Å². The fourth-order valence-electron chi connectivity index (χ4n) is 3.01. The van der Waals surface area contributed by atoms with Crippen molar-refractivity contribution in [3.8, 4) is 0 Å². The molecular formula is C18H22N4O2. The Morgan fingerprint density at radius 2 is 2.08 bits per heavy atom. The Kier molecular flexibility index (Phi) is 4.93. The van der Waals surface area contributed by atoms with Gasteiger partial charge in [0.2, 0.25) is 11.8 Å². The quantitative estimate of drug-likeness (QED) is 0.936. The molecule has 0 radical (unpaired) electrons. The first-order valence-corrected chi connectivity index (χ1v) is 8.24. The average molecular weight is 326 g/mol. The van der Waals surface area contributed by atoms with Gasteiger partial charge in [0.25, 0.3) is 0 Å². The maximum absolute atomic E-state index is 12.4.